The number of carbonyl (C=O) groups is 1. The monoisotopic (exact) mass is 329 g/mol. The van der Waals surface area contributed by atoms with Gasteiger partial charge in [0.05, 0.1) is 16.8 Å². The quantitative estimate of drug-likeness (QED) is 0.526. The van der Waals surface area contributed by atoms with Gasteiger partial charge >= 0.3 is 0 Å². The fourth-order valence-electron chi connectivity index (χ4n) is 2.61. The largest absolute Gasteiger partial charge is 0.298 e. The number of aromatic nitrogens is 3. The van der Waals surface area contributed by atoms with E-state index in [0.717, 1.165) is 10.9 Å². The van der Waals surface area contributed by atoms with Crippen LogP contribution in [0.5, 0.6) is 0 Å². The Hall–Kier alpha value is -3.47. The molecule has 4 aromatic rings. The van der Waals surface area contributed by atoms with Gasteiger partial charge in [-0.2, -0.15) is 0 Å². The fraction of sp³-hybridized carbons (Fsp3) is 0. The van der Waals surface area contributed by atoms with E-state index in [1.807, 2.05) is 36.4 Å². The molecular weight excluding hydrogens is 317 g/mol. The van der Waals surface area contributed by atoms with Crippen molar-refractivity contribution in [2.45, 2.75) is 0 Å². The number of benzene rings is 2. The highest BCUT2D eigenvalue weighted by atomic mass is 19.1. The van der Waals surface area contributed by atoms with Crippen LogP contribution in [-0.4, -0.2) is 21.2 Å². The van der Waals surface area contributed by atoms with Crippen molar-refractivity contribution in [3.63, 3.8) is 0 Å². The van der Waals surface area contributed by atoms with Gasteiger partial charge in [0.15, 0.2) is 12.1 Å². The summed E-state index contributed by atoms with van der Waals surface area (Å²) in [5, 5.41) is 0.955. The average Bonchev–Trinajstić information content (AvgIpc) is 2.68. The highest BCUT2D eigenvalue weighted by Gasteiger charge is 2.09. The van der Waals surface area contributed by atoms with Crippen LogP contribution in [0.3, 0.4) is 0 Å². The summed E-state index contributed by atoms with van der Waals surface area (Å²) in [6.07, 6.45) is 2.25. The first-order valence-electron chi connectivity index (χ1n) is 7.69. The SMILES string of the molecule is O=Cc1cc(-c2cccc(-c3ncc4ccccc4n3)n2)ccc1F. The van der Waals surface area contributed by atoms with Gasteiger partial charge < -0.3 is 0 Å². The molecule has 2 aromatic carbocycles. The van der Waals surface area contributed by atoms with E-state index in [4.69, 9.17) is 0 Å². The summed E-state index contributed by atoms with van der Waals surface area (Å²) in [6.45, 7) is 0. The van der Waals surface area contributed by atoms with Crippen molar-refractivity contribution in [2.24, 2.45) is 0 Å². The van der Waals surface area contributed by atoms with Crippen molar-refractivity contribution in [1.82, 2.24) is 15.0 Å². The Bertz CT molecular complexity index is 1090. The van der Waals surface area contributed by atoms with Gasteiger partial charge in [0, 0.05) is 17.1 Å². The molecular formula is C20H12FN3O. The molecule has 0 aliphatic rings. The third-order valence-electron chi connectivity index (χ3n) is 3.89. The Balaban J connectivity index is 1.79. The maximum absolute atomic E-state index is 13.5. The number of hydrogen-bond acceptors (Lipinski definition) is 4. The topological polar surface area (TPSA) is 55.7 Å². The standard InChI is InChI=1S/C20H12FN3O/c21-16-9-8-13(10-15(16)12-25)17-6-3-7-19(23-17)20-22-11-14-4-1-2-5-18(14)24-20/h1-12H. The number of halogens is 1. The molecule has 0 bridgehead atoms. The van der Waals surface area contributed by atoms with Gasteiger partial charge in [0.1, 0.15) is 11.5 Å². The Morgan fingerprint density at radius 3 is 2.60 bits per heavy atom. The lowest BCUT2D eigenvalue weighted by Gasteiger charge is -2.06. The molecule has 0 saturated heterocycles. The zero-order valence-electron chi connectivity index (χ0n) is 13.1. The molecule has 4 nitrogen and oxygen atoms in total. The molecule has 0 N–H and O–H groups in total. The van der Waals surface area contributed by atoms with Gasteiger partial charge in [-0.1, -0.05) is 24.3 Å². The molecule has 0 unspecified atom stereocenters. The van der Waals surface area contributed by atoms with Crippen LogP contribution in [0.2, 0.25) is 0 Å². The molecule has 0 fully saturated rings. The number of aldehydes is 1. The molecule has 2 aromatic heterocycles. The van der Waals surface area contributed by atoms with Crippen LogP contribution in [0, 0.1) is 5.82 Å². The molecule has 5 heteroatoms. The molecule has 0 aliphatic carbocycles. The Kier molecular flexibility index (Phi) is 3.74. The average molecular weight is 329 g/mol. The lowest BCUT2D eigenvalue weighted by Crippen LogP contribution is -1.95. The predicted octanol–water partition coefficient (Wildman–Crippen LogP) is 4.31. The number of hydrogen-bond donors (Lipinski definition) is 0. The first-order chi connectivity index (χ1) is 12.2. The maximum atomic E-state index is 13.5. The smallest absolute Gasteiger partial charge is 0.178 e. The summed E-state index contributed by atoms with van der Waals surface area (Å²) in [5.74, 6) is -0.0361. The number of pyridine rings is 1. The van der Waals surface area contributed by atoms with Crippen molar-refractivity contribution in [3.8, 4) is 22.8 Å². The molecule has 25 heavy (non-hydrogen) atoms. The highest BCUT2D eigenvalue weighted by Crippen LogP contribution is 2.23. The number of nitrogens with zero attached hydrogens (tertiary/aromatic N) is 3. The Morgan fingerprint density at radius 2 is 1.72 bits per heavy atom. The van der Waals surface area contributed by atoms with E-state index in [2.05, 4.69) is 15.0 Å². The second-order valence-corrected chi connectivity index (χ2v) is 5.51. The van der Waals surface area contributed by atoms with E-state index in [-0.39, 0.29) is 5.56 Å². The van der Waals surface area contributed by atoms with E-state index < -0.39 is 5.82 Å². The zero-order valence-corrected chi connectivity index (χ0v) is 13.1. The van der Waals surface area contributed by atoms with Gasteiger partial charge in [-0.3, -0.25) is 4.79 Å². The van der Waals surface area contributed by atoms with Gasteiger partial charge in [-0.05, 0) is 36.4 Å². The van der Waals surface area contributed by atoms with Gasteiger partial charge in [-0.25, -0.2) is 19.3 Å². The van der Waals surface area contributed by atoms with E-state index >= 15 is 0 Å². The van der Waals surface area contributed by atoms with Gasteiger partial charge in [0.2, 0.25) is 0 Å². The van der Waals surface area contributed by atoms with Crippen LogP contribution in [0.1, 0.15) is 10.4 Å². The fourth-order valence-corrected chi connectivity index (χ4v) is 2.61. The van der Waals surface area contributed by atoms with Crippen molar-refractivity contribution >= 4 is 17.2 Å². The van der Waals surface area contributed by atoms with Crippen LogP contribution in [0.25, 0.3) is 33.7 Å². The van der Waals surface area contributed by atoms with Crippen LogP contribution in [-0.2, 0) is 0 Å². The second-order valence-electron chi connectivity index (χ2n) is 5.51. The predicted molar refractivity (Wildman–Crippen MR) is 93.6 cm³/mol. The summed E-state index contributed by atoms with van der Waals surface area (Å²) in [4.78, 5) is 24.4. The lowest BCUT2D eigenvalue weighted by molar-refractivity contribution is 0.112. The summed E-state index contributed by atoms with van der Waals surface area (Å²) in [5.41, 5.74) is 2.74. The van der Waals surface area contributed by atoms with Crippen molar-refractivity contribution in [1.29, 1.82) is 0 Å². The number of rotatable bonds is 3. The van der Waals surface area contributed by atoms with Crippen molar-refractivity contribution in [3.05, 3.63) is 78.2 Å². The number of para-hydroxylation sites is 1. The molecule has 0 amide bonds. The van der Waals surface area contributed by atoms with Crippen LogP contribution in [0.4, 0.5) is 4.39 Å². The molecule has 0 radical (unpaired) electrons. The van der Waals surface area contributed by atoms with Crippen molar-refractivity contribution < 1.29 is 9.18 Å². The van der Waals surface area contributed by atoms with E-state index in [1.165, 1.54) is 12.1 Å². The third-order valence-corrected chi connectivity index (χ3v) is 3.89. The Morgan fingerprint density at radius 1 is 0.880 bits per heavy atom. The minimum Gasteiger partial charge on any atom is -0.298 e. The number of carbonyl (C=O) groups excluding carboxylic acids is 1. The first-order valence-corrected chi connectivity index (χ1v) is 7.69. The van der Waals surface area contributed by atoms with E-state index in [9.17, 15) is 9.18 Å². The lowest BCUT2D eigenvalue weighted by atomic mass is 10.1. The minimum absolute atomic E-state index is 0.00617. The summed E-state index contributed by atoms with van der Waals surface area (Å²) in [7, 11) is 0. The van der Waals surface area contributed by atoms with Crippen LogP contribution >= 0.6 is 0 Å². The van der Waals surface area contributed by atoms with E-state index in [0.29, 0.717) is 29.1 Å². The molecule has 0 saturated carbocycles. The van der Waals surface area contributed by atoms with Crippen LogP contribution < -0.4 is 0 Å². The first kappa shape index (κ1) is 15.1. The molecule has 120 valence electrons. The third kappa shape index (κ3) is 2.87. The minimum atomic E-state index is -0.548. The summed E-state index contributed by atoms with van der Waals surface area (Å²) >= 11 is 0. The molecule has 2 heterocycles. The summed E-state index contributed by atoms with van der Waals surface area (Å²) in [6, 6.07) is 17.5. The van der Waals surface area contributed by atoms with Crippen LogP contribution in [0.15, 0.2) is 66.9 Å². The highest BCUT2D eigenvalue weighted by molar-refractivity contribution is 5.80. The second kappa shape index (κ2) is 6.20. The van der Waals surface area contributed by atoms with Crippen molar-refractivity contribution in [2.75, 3.05) is 0 Å². The normalized spacial score (nSPS) is 10.8. The summed E-state index contributed by atoms with van der Waals surface area (Å²) < 4.78 is 13.5. The maximum Gasteiger partial charge on any atom is 0.178 e. The molecule has 0 spiro atoms. The van der Waals surface area contributed by atoms with E-state index in [1.54, 1.807) is 18.3 Å². The number of fused-ring (bicyclic) bond motifs is 1. The molecule has 0 aliphatic heterocycles. The van der Waals surface area contributed by atoms with Gasteiger partial charge in [-0.15, -0.1) is 0 Å². The zero-order chi connectivity index (χ0) is 17.2. The molecule has 4 rings (SSSR count). The molecule has 0 atom stereocenters. The van der Waals surface area contributed by atoms with Gasteiger partial charge in [0.25, 0.3) is 0 Å². The Labute approximate surface area is 143 Å².